The van der Waals surface area contributed by atoms with Crippen molar-refractivity contribution in [2.45, 2.75) is 18.9 Å². The van der Waals surface area contributed by atoms with Crippen LogP contribution >= 0.6 is 0 Å². The van der Waals surface area contributed by atoms with Gasteiger partial charge in [0.05, 0.1) is 11.9 Å². The number of nitrogens with zero attached hydrogens (tertiary/aromatic N) is 1. The van der Waals surface area contributed by atoms with Gasteiger partial charge in [-0.05, 0) is 24.3 Å². The summed E-state index contributed by atoms with van der Waals surface area (Å²) in [5.41, 5.74) is 0.792. The maximum absolute atomic E-state index is 13.7. The van der Waals surface area contributed by atoms with Gasteiger partial charge in [0.15, 0.2) is 0 Å². The molecule has 1 aromatic heterocycles. The number of rotatable bonds is 6. The number of benzene rings is 2. The summed E-state index contributed by atoms with van der Waals surface area (Å²) >= 11 is 0. The molecule has 2 N–H and O–H groups in total. The highest BCUT2D eigenvalue weighted by Gasteiger charge is 2.22. The quantitative estimate of drug-likeness (QED) is 0.699. The van der Waals surface area contributed by atoms with Crippen LogP contribution in [0.5, 0.6) is 0 Å². The molecular formula is C20H16F2N2O3. The molecule has 0 bridgehead atoms. The summed E-state index contributed by atoms with van der Waals surface area (Å²) < 4.78 is 27.3. The zero-order valence-corrected chi connectivity index (χ0v) is 14.2. The molecule has 0 saturated heterocycles. The molecular weight excluding hydrogens is 354 g/mol. The summed E-state index contributed by atoms with van der Waals surface area (Å²) in [6.45, 7) is 0. The van der Waals surface area contributed by atoms with E-state index in [1.54, 1.807) is 12.1 Å². The van der Waals surface area contributed by atoms with E-state index in [1.165, 1.54) is 6.07 Å². The minimum absolute atomic E-state index is 0.0499. The standard InChI is InChI=1S/C20H16F2N2O3/c21-15-5-3-6-16(22)14(15)11-19(25)24-18(20(26)27)10-13-9-8-12-4-1-2-7-17(12)23-13/h1-9,18H,10-11H2,(H,24,25)(H,26,27)/t18-/m0/s1. The Labute approximate surface area is 153 Å². The van der Waals surface area contributed by atoms with Crippen LogP contribution < -0.4 is 5.32 Å². The monoisotopic (exact) mass is 370 g/mol. The van der Waals surface area contributed by atoms with Crippen LogP contribution in [0.1, 0.15) is 11.3 Å². The van der Waals surface area contributed by atoms with Crippen molar-refractivity contribution in [3.8, 4) is 0 Å². The van der Waals surface area contributed by atoms with Crippen LogP contribution in [0.4, 0.5) is 8.78 Å². The van der Waals surface area contributed by atoms with Gasteiger partial charge in [0.1, 0.15) is 17.7 Å². The Morgan fingerprint density at radius 2 is 1.70 bits per heavy atom. The Hall–Kier alpha value is -3.35. The lowest BCUT2D eigenvalue weighted by molar-refractivity contribution is -0.141. The number of aromatic nitrogens is 1. The third-order valence-corrected chi connectivity index (χ3v) is 4.10. The molecule has 1 atom stereocenters. The molecule has 0 radical (unpaired) electrons. The predicted molar refractivity (Wildman–Crippen MR) is 95.1 cm³/mol. The van der Waals surface area contributed by atoms with E-state index in [2.05, 4.69) is 10.3 Å². The van der Waals surface area contributed by atoms with Gasteiger partial charge in [-0.15, -0.1) is 0 Å². The number of pyridine rings is 1. The van der Waals surface area contributed by atoms with Crippen LogP contribution in [-0.2, 0) is 22.4 Å². The summed E-state index contributed by atoms with van der Waals surface area (Å²) in [5.74, 6) is -3.75. The second kappa shape index (κ2) is 7.90. The van der Waals surface area contributed by atoms with Crippen LogP contribution in [0.15, 0.2) is 54.6 Å². The van der Waals surface area contributed by atoms with Crippen molar-refractivity contribution >= 4 is 22.8 Å². The number of hydrogen-bond acceptors (Lipinski definition) is 3. The van der Waals surface area contributed by atoms with E-state index in [-0.39, 0.29) is 6.42 Å². The molecule has 0 fully saturated rings. The molecule has 27 heavy (non-hydrogen) atoms. The van der Waals surface area contributed by atoms with Gasteiger partial charge in [-0.1, -0.05) is 30.3 Å². The molecule has 0 unspecified atom stereocenters. The van der Waals surface area contributed by atoms with Crippen molar-refractivity contribution in [1.82, 2.24) is 10.3 Å². The van der Waals surface area contributed by atoms with Crippen LogP contribution in [-0.4, -0.2) is 28.0 Å². The van der Waals surface area contributed by atoms with Gasteiger partial charge in [0.25, 0.3) is 0 Å². The molecule has 5 nitrogen and oxygen atoms in total. The molecule has 0 saturated carbocycles. The summed E-state index contributed by atoms with van der Waals surface area (Å²) in [7, 11) is 0. The van der Waals surface area contributed by atoms with Gasteiger partial charge in [0, 0.05) is 23.1 Å². The van der Waals surface area contributed by atoms with Crippen molar-refractivity contribution in [3.05, 3.63) is 77.5 Å². The van der Waals surface area contributed by atoms with Gasteiger partial charge < -0.3 is 10.4 Å². The molecule has 3 rings (SSSR count). The molecule has 0 aliphatic rings. The van der Waals surface area contributed by atoms with E-state index in [4.69, 9.17) is 0 Å². The molecule has 138 valence electrons. The zero-order valence-electron chi connectivity index (χ0n) is 14.2. The number of carboxylic acid groups (broad SMARTS) is 1. The third kappa shape index (κ3) is 4.44. The molecule has 2 aromatic carbocycles. The molecule has 0 aliphatic carbocycles. The molecule has 3 aromatic rings. The first kappa shape index (κ1) is 18.4. The molecule has 1 amide bonds. The fraction of sp³-hybridized carbons (Fsp3) is 0.150. The number of hydrogen-bond donors (Lipinski definition) is 2. The van der Waals surface area contributed by atoms with Crippen LogP contribution in [0.25, 0.3) is 10.9 Å². The van der Waals surface area contributed by atoms with Crippen molar-refractivity contribution < 1.29 is 23.5 Å². The number of carbonyl (C=O) groups excluding carboxylic acids is 1. The van der Waals surface area contributed by atoms with Gasteiger partial charge >= 0.3 is 5.97 Å². The smallest absolute Gasteiger partial charge is 0.326 e. The number of amides is 1. The number of aliphatic carboxylic acids is 1. The lowest BCUT2D eigenvalue weighted by Crippen LogP contribution is -2.43. The predicted octanol–water partition coefficient (Wildman–Crippen LogP) is 2.87. The Morgan fingerprint density at radius 1 is 1.00 bits per heavy atom. The Bertz CT molecular complexity index is 987. The van der Waals surface area contributed by atoms with E-state index < -0.39 is 41.5 Å². The second-order valence-electron chi connectivity index (χ2n) is 6.03. The van der Waals surface area contributed by atoms with Crippen molar-refractivity contribution in [2.75, 3.05) is 0 Å². The maximum Gasteiger partial charge on any atom is 0.326 e. The lowest BCUT2D eigenvalue weighted by Gasteiger charge is -2.15. The Balaban J connectivity index is 1.73. The van der Waals surface area contributed by atoms with Crippen LogP contribution in [0.3, 0.4) is 0 Å². The summed E-state index contributed by atoms with van der Waals surface area (Å²) in [6, 6.07) is 12.9. The van der Waals surface area contributed by atoms with E-state index in [0.29, 0.717) is 11.2 Å². The normalized spacial score (nSPS) is 11.9. The van der Waals surface area contributed by atoms with Crippen LogP contribution in [0, 0.1) is 11.6 Å². The third-order valence-electron chi connectivity index (χ3n) is 4.10. The number of nitrogens with one attached hydrogen (secondary N) is 1. The largest absolute Gasteiger partial charge is 0.480 e. The summed E-state index contributed by atoms with van der Waals surface area (Å²) in [4.78, 5) is 28.0. The highest BCUT2D eigenvalue weighted by atomic mass is 19.1. The number of para-hydroxylation sites is 1. The first-order valence-electron chi connectivity index (χ1n) is 8.24. The fourth-order valence-electron chi connectivity index (χ4n) is 2.74. The Kier molecular flexibility index (Phi) is 5.40. The van der Waals surface area contributed by atoms with Crippen molar-refractivity contribution in [1.29, 1.82) is 0 Å². The first-order valence-corrected chi connectivity index (χ1v) is 8.24. The number of halogens is 2. The van der Waals surface area contributed by atoms with Crippen molar-refractivity contribution in [2.24, 2.45) is 0 Å². The molecule has 0 spiro atoms. The zero-order chi connectivity index (χ0) is 19.4. The summed E-state index contributed by atoms with van der Waals surface area (Å²) in [5, 5.41) is 12.6. The molecule has 1 heterocycles. The molecule has 0 aliphatic heterocycles. The van der Waals surface area contributed by atoms with E-state index in [0.717, 1.165) is 17.5 Å². The highest BCUT2D eigenvalue weighted by Crippen LogP contribution is 2.14. The van der Waals surface area contributed by atoms with E-state index >= 15 is 0 Å². The topological polar surface area (TPSA) is 79.3 Å². The number of fused-ring (bicyclic) bond motifs is 1. The Morgan fingerprint density at radius 3 is 2.41 bits per heavy atom. The average Bonchev–Trinajstić information content (AvgIpc) is 2.64. The van der Waals surface area contributed by atoms with E-state index in [9.17, 15) is 23.5 Å². The average molecular weight is 370 g/mol. The van der Waals surface area contributed by atoms with Gasteiger partial charge in [-0.2, -0.15) is 0 Å². The van der Waals surface area contributed by atoms with Crippen LogP contribution in [0.2, 0.25) is 0 Å². The minimum atomic E-state index is -1.26. The lowest BCUT2D eigenvalue weighted by atomic mass is 10.1. The fourth-order valence-corrected chi connectivity index (χ4v) is 2.74. The number of carbonyl (C=O) groups is 2. The molecule has 7 heteroatoms. The van der Waals surface area contributed by atoms with E-state index in [1.807, 2.05) is 24.3 Å². The first-order chi connectivity index (χ1) is 12.9. The maximum atomic E-state index is 13.7. The highest BCUT2D eigenvalue weighted by molar-refractivity contribution is 5.85. The van der Waals surface area contributed by atoms with Gasteiger partial charge in [-0.3, -0.25) is 9.78 Å². The summed E-state index contributed by atoms with van der Waals surface area (Å²) in [6.07, 6.45) is -0.640. The minimum Gasteiger partial charge on any atom is -0.480 e. The number of carboxylic acids is 1. The SMILES string of the molecule is O=C(Cc1c(F)cccc1F)N[C@@H](Cc1ccc2ccccc2n1)C(=O)O. The van der Waals surface area contributed by atoms with Gasteiger partial charge in [-0.25, -0.2) is 13.6 Å². The van der Waals surface area contributed by atoms with Gasteiger partial charge in [0.2, 0.25) is 5.91 Å². The second-order valence-corrected chi connectivity index (χ2v) is 6.03. The van der Waals surface area contributed by atoms with Crippen molar-refractivity contribution in [3.63, 3.8) is 0 Å².